The van der Waals surface area contributed by atoms with E-state index in [0.29, 0.717) is 11.5 Å². The summed E-state index contributed by atoms with van der Waals surface area (Å²) in [5, 5.41) is 11.8. The summed E-state index contributed by atoms with van der Waals surface area (Å²) in [6.45, 7) is 0.250. The van der Waals surface area contributed by atoms with Crippen molar-refractivity contribution in [3.63, 3.8) is 0 Å². The number of nitrogens with two attached hydrogens (primary N) is 1. The van der Waals surface area contributed by atoms with Gasteiger partial charge in [0.1, 0.15) is 5.76 Å². The lowest BCUT2D eigenvalue weighted by molar-refractivity contribution is 0.0680. The van der Waals surface area contributed by atoms with Crippen molar-refractivity contribution in [2.45, 2.75) is 6.54 Å². The van der Waals surface area contributed by atoms with Gasteiger partial charge < -0.3 is 19.8 Å². The molecule has 2 aromatic rings. The molecule has 0 unspecified atom stereocenters. The number of carbonyl (C=O) groups is 1. The molecule has 0 aromatic carbocycles. The Hall–Kier alpha value is -2.15. The molecule has 0 aliphatic rings. The lowest BCUT2D eigenvalue weighted by Gasteiger charge is -1.87. The third-order valence-corrected chi connectivity index (χ3v) is 1.69. The molecule has 0 fully saturated rings. The van der Waals surface area contributed by atoms with Crippen molar-refractivity contribution in [1.29, 1.82) is 0 Å². The number of hydrogen-bond donors (Lipinski definition) is 2. The smallest absolute Gasteiger partial charge is 0.377 e. The normalized spacial score (nSPS) is 10.5. The van der Waals surface area contributed by atoms with Crippen LogP contribution < -0.4 is 5.73 Å². The fourth-order valence-electron chi connectivity index (χ4n) is 1.01. The van der Waals surface area contributed by atoms with E-state index in [0.717, 1.165) is 0 Å². The second-order valence-electron chi connectivity index (χ2n) is 2.70. The van der Waals surface area contributed by atoms with Crippen molar-refractivity contribution in [1.82, 2.24) is 10.1 Å². The quantitative estimate of drug-likeness (QED) is 0.755. The van der Waals surface area contributed by atoms with Crippen molar-refractivity contribution in [3.8, 4) is 11.7 Å². The molecule has 2 rings (SSSR count). The Morgan fingerprint density at radius 1 is 1.53 bits per heavy atom. The monoisotopic (exact) mass is 209 g/mol. The van der Waals surface area contributed by atoms with Crippen LogP contribution in [0.25, 0.3) is 11.7 Å². The van der Waals surface area contributed by atoms with Gasteiger partial charge in [-0.15, -0.1) is 0 Å². The molecule has 0 amide bonds. The minimum atomic E-state index is -1.25. The van der Waals surface area contributed by atoms with E-state index < -0.39 is 11.8 Å². The largest absolute Gasteiger partial charge is 0.475 e. The van der Waals surface area contributed by atoms with Crippen LogP contribution in [0.1, 0.15) is 16.4 Å². The zero-order valence-corrected chi connectivity index (χ0v) is 7.51. The zero-order valence-electron chi connectivity index (χ0n) is 7.51. The van der Waals surface area contributed by atoms with Crippen LogP contribution in [0.15, 0.2) is 21.1 Å². The van der Waals surface area contributed by atoms with E-state index >= 15 is 0 Å². The second-order valence-corrected chi connectivity index (χ2v) is 2.70. The van der Waals surface area contributed by atoms with Crippen molar-refractivity contribution < 1.29 is 18.8 Å². The molecule has 0 aliphatic carbocycles. The summed E-state index contributed by atoms with van der Waals surface area (Å²) in [6, 6.07) is 3.24. The van der Waals surface area contributed by atoms with Crippen molar-refractivity contribution in [2.75, 3.05) is 0 Å². The molecule has 0 saturated heterocycles. The Balaban J connectivity index is 2.32. The van der Waals surface area contributed by atoms with E-state index in [-0.39, 0.29) is 12.4 Å². The first kappa shape index (κ1) is 9.41. The van der Waals surface area contributed by atoms with E-state index in [2.05, 4.69) is 10.1 Å². The molecule has 0 saturated carbocycles. The van der Waals surface area contributed by atoms with Gasteiger partial charge in [0, 0.05) is 0 Å². The molecule has 3 N–H and O–H groups in total. The van der Waals surface area contributed by atoms with Crippen LogP contribution in [-0.2, 0) is 6.54 Å². The first-order valence-corrected chi connectivity index (χ1v) is 4.07. The van der Waals surface area contributed by atoms with E-state index in [1.54, 1.807) is 12.1 Å². The van der Waals surface area contributed by atoms with E-state index in [4.69, 9.17) is 19.8 Å². The predicted molar refractivity (Wildman–Crippen MR) is 46.9 cm³/mol. The average molecular weight is 209 g/mol. The second kappa shape index (κ2) is 3.54. The van der Waals surface area contributed by atoms with Gasteiger partial charge >= 0.3 is 5.97 Å². The summed E-state index contributed by atoms with van der Waals surface area (Å²) in [6.07, 6.45) is 0. The van der Waals surface area contributed by atoms with Gasteiger partial charge in [0.05, 0.1) is 6.54 Å². The van der Waals surface area contributed by atoms with Gasteiger partial charge in [0.2, 0.25) is 0 Å². The Bertz CT molecular complexity index is 488. The molecule has 2 heterocycles. The number of aromatic carboxylic acids is 1. The molecule has 0 radical (unpaired) electrons. The summed E-state index contributed by atoms with van der Waals surface area (Å²) in [7, 11) is 0. The molecule has 2 aromatic heterocycles. The highest BCUT2D eigenvalue weighted by atomic mass is 16.5. The number of rotatable bonds is 3. The van der Waals surface area contributed by atoms with Crippen LogP contribution >= 0.6 is 0 Å². The maximum atomic E-state index is 10.5. The number of hydrogen-bond acceptors (Lipinski definition) is 6. The van der Waals surface area contributed by atoms with Crippen LogP contribution in [0.5, 0.6) is 0 Å². The Kier molecular flexibility index (Phi) is 2.22. The highest BCUT2D eigenvalue weighted by molar-refractivity contribution is 5.83. The van der Waals surface area contributed by atoms with Crippen molar-refractivity contribution in [2.24, 2.45) is 5.73 Å². The third kappa shape index (κ3) is 1.72. The molecule has 0 spiro atoms. The Morgan fingerprint density at radius 3 is 2.87 bits per heavy atom. The highest BCUT2D eigenvalue weighted by Gasteiger charge is 2.16. The molecule has 0 bridgehead atoms. The van der Waals surface area contributed by atoms with Gasteiger partial charge in [-0.25, -0.2) is 4.79 Å². The number of furan rings is 1. The lowest BCUT2D eigenvalue weighted by atomic mass is 10.4. The van der Waals surface area contributed by atoms with Gasteiger partial charge in [-0.1, -0.05) is 0 Å². The van der Waals surface area contributed by atoms with Crippen LogP contribution in [0.3, 0.4) is 0 Å². The molecule has 15 heavy (non-hydrogen) atoms. The standard InChI is InChI=1S/C8H7N3O4/c9-3-4-1-2-5(14-4)7-10-6(8(12)13)11-15-7/h1-2H,3,9H2,(H,12,13). The van der Waals surface area contributed by atoms with Gasteiger partial charge in [0.15, 0.2) is 5.76 Å². The van der Waals surface area contributed by atoms with E-state index in [1.807, 2.05) is 0 Å². The molecule has 0 atom stereocenters. The molecule has 7 nitrogen and oxygen atoms in total. The zero-order chi connectivity index (χ0) is 10.8. The molecule has 0 aliphatic heterocycles. The van der Waals surface area contributed by atoms with Gasteiger partial charge in [-0.3, -0.25) is 0 Å². The summed E-state index contributed by atoms with van der Waals surface area (Å²) in [5.41, 5.74) is 5.34. The van der Waals surface area contributed by atoms with Crippen molar-refractivity contribution in [3.05, 3.63) is 23.7 Å². The maximum absolute atomic E-state index is 10.5. The van der Waals surface area contributed by atoms with Crippen LogP contribution in [0.2, 0.25) is 0 Å². The van der Waals surface area contributed by atoms with Crippen LogP contribution in [0.4, 0.5) is 0 Å². The maximum Gasteiger partial charge on any atom is 0.377 e. The van der Waals surface area contributed by atoms with Gasteiger partial charge in [-0.2, -0.15) is 4.98 Å². The fraction of sp³-hybridized carbons (Fsp3) is 0.125. The van der Waals surface area contributed by atoms with Crippen molar-refractivity contribution >= 4 is 5.97 Å². The SMILES string of the molecule is NCc1ccc(-c2nc(C(=O)O)no2)o1. The lowest BCUT2D eigenvalue weighted by Crippen LogP contribution is -1.98. The molecule has 78 valence electrons. The summed E-state index contributed by atoms with van der Waals surface area (Å²) >= 11 is 0. The number of nitrogens with zero attached hydrogens (tertiary/aromatic N) is 2. The third-order valence-electron chi connectivity index (χ3n) is 1.69. The van der Waals surface area contributed by atoms with E-state index in [9.17, 15) is 4.79 Å². The Morgan fingerprint density at radius 2 is 2.33 bits per heavy atom. The highest BCUT2D eigenvalue weighted by Crippen LogP contribution is 2.19. The number of aromatic nitrogens is 2. The number of carboxylic acids is 1. The van der Waals surface area contributed by atoms with Crippen LogP contribution in [-0.4, -0.2) is 21.2 Å². The predicted octanol–water partition coefficient (Wildman–Crippen LogP) is 0.486. The van der Waals surface area contributed by atoms with E-state index in [1.165, 1.54) is 0 Å². The number of carboxylic acid groups (broad SMARTS) is 1. The molecular weight excluding hydrogens is 202 g/mol. The summed E-state index contributed by atoms with van der Waals surface area (Å²) in [4.78, 5) is 14.1. The van der Waals surface area contributed by atoms with Gasteiger partial charge in [-0.05, 0) is 17.3 Å². The van der Waals surface area contributed by atoms with Crippen LogP contribution in [0, 0.1) is 0 Å². The van der Waals surface area contributed by atoms with Gasteiger partial charge in [0.25, 0.3) is 11.7 Å². The average Bonchev–Trinajstić information content (AvgIpc) is 2.86. The fourth-order valence-corrected chi connectivity index (χ4v) is 1.01. The topological polar surface area (TPSA) is 115 Å². The summed E-state index contributed by atoms with van der Waals surface area (Å²) < 4.78 is 9.89. The minimum Gasteiger partial charge on any atom is -0.475 e. The Labute approximate surface area is 83.5 Å². The first-order chi connectivity index (χ1) is 7.20. The molecule has 7 heteroatoms. The summed E-state index contributed by atoms with van der Waals surface area (Å²) in [5.74, 6) is -0.783. The minimum absolute atomic E-state index is 0.0205. The molecular formula is C8H7N3O4. The first-order valence-electron chi connectivity index (χ1n) is 4.07.